The van der Waals surface area contributed by atoms with E-state index in [9.17, 15) is 14.4 Å². The topological polar surface area (TPSA) is 63.7 Å². The molecule has 1 aliphatic rings. The maximum Gasteiger partial charge on any atom is 0.307 e. The number of nitrogens with zero attached hydrogens (tertiary/aromatic N) is 1. The first-order valence-corrected chi connectivity index (χ1v) is 5.11. The summed E-state index contributed by atoms with van der Waals surface area (Å²) in [5.74, 6) is -1.07. The molecule has 2 amide bonds. The van der Waals surface area contributed by atoms with Crippen LogP contribution in [-0.4, -0.2) is 36.3 Å². The maximum absolute atomic E-state index is 11.7. The van der Waals surface area contributed by atoms with Gasteiger partial charge in [0.2, 0.25) is 0 Å². The molecule has 0 aromatic carbocycles. The molecular formula is C11H15NO4. The van der Waals surface area contributed by atoms with Crippen molar-refractivity contribution >= 4 is 17.8 Å². The van der Waals surface area contributed by atoms with E-state index in [0.717, 1.165) is 4.90 Å². The Labute approximate surface area is 94.1 Å². The molecule has 0 bridgehead atoms. The summed E-state index contributed by atoms with van der Waals surface area (Å²) in [7, 11) is 1.27. The predicted octanol–water partition coefficient (Wildman–Crippen LogP) is 0.501. The lowest BCUT2D eigenvalue weighted by Gasteiger charge is -2.14. The number of ether oxygens (including phenoxy) is 1. The van der Waals surface area contributed by atoms with Crippen LogP contribution in [-0.2, 0) is 19.1 Å². The van der Waals surface area contributed by atoms with Gasteiger partial charge in [-0.2, -0.15) is 0 Å². The SMILES string of the molecule is COC(=O)CCN1C(=O)C=C(C(C)C)C1=O. The Hall–Kier alpha value is -1.65. The van der Waals surface area contributed by atoms with E-state index in [1.165, 1.54) is 13.2 Å². The van der Waals surface area contributed by atoms with Crippen LogP contribution in [0.2, 0.25) is 0 Å². The van der Waals surface area contributed by atoms with E-state index in [0.29, 0.717) is 5.57 Å². The highest BCUT2D eigenvalue weighted by molar-refractivity contribution is 6.16. The van der Waals surface area contributed by atoms with Crippen molar-refractivity contribution in [1.82, 2.24) is 4.90 Å². The quantitative estimate of drug-likeness (QED) is 0.516. The summed E-state index contributed by atoms with van der Waals surface area (Å²) < 4.78 is 4.45. The van der Waals surface area contributed by atoms with Gasteiger partial charge in [0, 0.05) is 18.2 Å². The van der Waals surface area contributed by atoms with Crippen LogP contribution < -0.4 is 0 Å². The number of carbonyl (C=O) groups is 3. The van der Waals surface area contributed by atoms with E-state index in [1.807, 2.05) is 13.8 Å². The minimum Gasteiger partial charge on any atom is -0.469 e. The zero-order chi connectivity index (χ0) is 12.3. The van der Waals surface area contributed by atoms with Crippen molar-refractivity contribution < 1.29 is 19.1 Å². The van der Waals surface area contributed by atoms with Crippen LogP contribution in [0.15, 0.2) is 11.6 Å². The summed E-state index contributed by atoms with van der Waals surface area (Å²) in [4.78, 5) is 35.2. The van der Waals surface area contributed by atoms with E-state index in [4.69, 9.17) is 0 Å². The Kier molecular flexibility index (Phi) is 3.82. The maximum atomic E-state index is 11.7. The number of rotatable bonds is 4. The second-order valence-electron chi connectivity index (χ2n) is 3.88. The number of carbonyl (C=O) groups excluding carboxylic acids is 3. The van der Waals surface area contributed by atoms with Gasteiger partial charge in [0.15, 0.2) is 0 Å². The molecule has 0 fully saturated rings. The molecule has 0 atom stereocenters. The molecule has 88 valence electrons. The molecule has 0 aliphatic carbocycles. The van der Waals surface area contributed by atoms with Crippen molar-refractivity contribution in [2.75, 3.05) is 13.7 Å². The van der Waals surface area contributed by atoms with Crippen LogP contribution in [0.5, 0.6) is 0 Å². The Morgan fingerprint density at radius 3 is 2.50 bits per heavy atom. The highest BCUT2D eigenvalue weighted by Gasteiger charge is 2.32. The molecule has 0 radical (unpaired) electrons. The standard InChI is InChI=1S/C11H15NO4/c1-7(2)8-6-9(13)12(11(8)15)5-4-10(14)16-3/h6-7H,4-5H2,1-3H3. The van der Waals surface area contributed by atoms with Gasteiger partial charge in [-0.3, -0.25) is 19.3 Å². The van der Waals surface area contributed by atoms with E-state index < -0.39 is 5.97 Å². The first-order valence-electron chi connectivity index (χ1n) is 5.11. The average molecular weight is 225 g/mol. The molecule has 0 spiro atoms. The van der Waals surface area contributed by atoms with Crippen LogP contribution in [0.4, 0.5) is 0 Å². The molecule has 5 heteroatoms. The molecule has 0 N–H and O–H groups in total. The first kappa shape index (κ1) is 12.4. The first-order chi connectivity index (χ1) is 7.47. The van der Waals surface area contributed by atoms with Crippen LogP contribution in [0.3, 0.4) is 0 Å². The molecule has 1 heterocycles. The summed E-state index contributed by atoms with van der Waals surface area (Å²) in [5.41, 5.74) is 0.495. The Morgan fingerprint density at radius 1 is 1.44 bits per heavy atom. The monoisotopic (exact) mass is 225 g/mol. The minimum atomic E-state index is -0.432. The van der Waals surface area contributed by atoms with Crippen molar-refractivity contribution in [3.05, 3.63) is 11.6 Å². The van der Waals surface area contributed by atoms with Gasteiger partial charge in [-0.1, -0.05) is 13.8 Å². The minimum absolute atomic E-state index is 0.0135. The fraction of sp³-hybridized carbons (Fsp3) is 0.545. The molecule has 0 aromatic heterocycles. The number of imide groups is 1. The molecule has 16 heavy (non-hydrogen) atoms. The third-order valence-corrected chi connectivity index (χ3v) is 2.43. The molecule has 1 rings (SSSR count). The van der Waals surface area contributed by atoms with E-state index in [-0.39, 0.29) is 30.7 Å². The number of amides is 2. The lowest BCUT2D eigenvalue weighted by Crippen LogP contribution is -2.33. The molecule has 5 nitrogen and oxygen atoms in total. The molecule has 0 aromatic rings. The van der Waals surface area contributed by atoms with Crippen molar-refractivity contribution in [1.29, 1.82) is 0 Å². The summed E-state index contributed by atoms with van der Waals surface area (Å²) in [6.07, 6.45) is 1.37. The zero-order valence-electron chi connectivity index (χ0n) is 9.65. The van der Waals surface area contributed by atoms with Gasteiger partial charge in [0.05, 0.1) is 13.5 Å². The second-order valence-corrected chi connectivity index (χ2v) is 3.88. The van der Waals surface area contributed by atoms with Crippen LogP contribution in [0, 0.1) is 5.92 Å². The van der Waals surface area contributed by atoms with E-state index in [1.54, 1.807) is 0 Å². The summed E-state index contributed by atoms with van der Waals surface area (Å²) in [6, 6.07) is 0. The fourth-order valence-electron chi connectivity index (χ4n) is 1.46. The van der Waals surface area contributed by atoms with E-state index in [2.05, 4.69) is 4.74 Å². The zero-order valence-corrected chi connectivity index (χ0v) is 9.65. The Morgan fingerprint density at radius 2 is 2.06 bits per heavy atom. The van der Waals surface area contributed by atoms with Gasteiger partial charge in [-0.05, 0) is 5.92 Å². The summed E-state index contributed by atoms with van der Waals surface area (Å²) in [6.45, 7) is 3.78. The van der Waals surface area contributed by atoms with Crippen molar-refractivity contribution in [2.45, 2.75) is 20.3 Å². The van der Waals surface area contributed by atoms with Crippen molar-refractivity contribution in [3.63, 3.8) is 0 Å². The molecule has 0 saturated carbocycles. The molecule has 0 saturated heterocycles. The van der Waals surface area contributed by atoms with Crippen LogP contribution in [0.25, 0.3) is 0 Å². The number of esters is 1. The largest absolute Gasteiger partial charge is 0.469 e. The third-order valence-electron chi connectivity index (χ3n) is 2.43. The lowest BCUT2D eigenvalue weighted by molar-refractivity contribution is -0.142. The average Bonchev–Trinajstić information content (AvgIpc) is 2.51. The second kappa shape index (κ2) is 4.92. The fourth-order valence-corrected chi connectivity index (χ4v) is 1.46. The van der Waals surface area contributed by atoms with Crippen molar-refractivity contribution in [3.8, 4) is 0 Å². The van der Waals surface area contributed by atoms with Crippen LogP contribution >= 0.6 is 0 Å². The molecular weight excluding hydrogens is 210 g/mol. The predicted molar refractivity (Wildman–Crippen MR) is 56.3 cm³/mol. The van der Waals surface area contributed by atoms with E-state index >= 15 is 0 Å². The highest BCUT2D eigenvalue weighted by Crippen LogP contribution is 2.20. The highest BCUT2D eigenvalue weighted by atomic mass is 16.5. The number of methoxy groups -OCH3 is 1. The van der Waals surface area contributed by atoms with Gasteiger partial charge in [-0.25, -0.2) is 0 Å². The normalized spacial score (nSPS) is 15.8. The lowest BCUT2D eigenvalue weighted by atomic mass is 10.0. The summed E-state index contributed by atoms with van der Waals surface area (Å²) in [5, 5.41) is 0. The molecule has 0 unspecified atom stereocenters. The molecule has 1 aliphatic heterocycles. The van der Waals surface area contributed by atoms with Gasteiger partial charge < -0.3 is 4.74 Å². The smallest absolute Gasteiger partial charge is 0.307 e. The van der Waals surface area contributed by atoms with Gasteiger partial charge >= 0.3 is 5.97 Å². The van der Waals surface area contributed by atoms with Gasteiger partial charge in [-0.15, -0.1) is 0 Å². The Bertz CT molecular complexity index is 357. The van der Waals surface area contributed by atoms with Crippen molar-refractivity contribution in [2.24, 2.45) is 5.92 Å². The number of hydrogen-bond donors (Lipinski definition) is 0. The van der Waals surface area contributed by atoms with Crippen LogP contribution in [0.1, 0.15) is 20.3 Å². The van der Waals surface area contributed by atoms with Gasteiger partial charge in [0.25, 0.3) is 11.8 Å². The Balaban J connectivity index is 2.63. The number of hydrogen-bond acceptors (Lipinski definition) is 4. The third kappa shape index (κ3) is 2.48. The summed E-state index contributed by atoms with van der Waals surface area (Å²) >= 11 is 0. The van der Waals surface area contributed by atoms with Gasteiger partial charge in [0.1, 0.15) is 0 Å².